The van der Waals surface area contributed by atoms with E-state index in [4.69, 9.17) is 0 Å². The van der Waals surface area contributed by atoms with Crippen LogP contribution in [0.3, 0.4) is 0 Å². The summed E-state index contributed by atoms with van der Waals surface area (Å²) in [5.41, 5.74) is 1.88. The molecule has 1 saturated heterocycles. The summed E-state index contributed by atoms with van der Waals surface area (Å²) >= 11 is 0. The summed E-state index contributed by atoms with van der Waals surface area (Å²) < 4.78 is 0. The van der Waals surface area contributed by atoms with Crippen LogP contribution in [0.4, 0.5) is 5.69 Å². The highest BCUT2D eigenvalue weighted by atomic mass is 16.2. The average Bonchev–Trinajstić information content (AvgIpc) is 2.68. The first-order valence-corrected chi connectivity index (χ1v) is 9.56. The lowest BCUT2D eigenvalue weighted by Gasteiger charge is -2.32. The molecule has 1 N–H and O–H groups in total. The summed E-state index contributed by atoms with van der Waals surface area (Å²) in [5.74, 6) is 0.812. The topological polar surface area (TPSA) is 78.4 Å². The van der Waals surface area contributed by atoms with E-state index >= 15 is 0 Å². The highest BCUT2D eigenvalue weighted by Gasteiger charge is 2.26. The van der Waals surface area contributed by atoms with Gasteiger partial charge in [-0.15, -0.1) is 0 Å². The SMILES string of the molecule is Cc1nc(C2CCCN(CC(=O)N(C)C)C2)ncc1C(=O)Nc1ccccc1. The zero-order valence-corrected chi connectivity index (χ0v) is 16.7. The number of hydrogen-bond acceptors (Lipinski definition) is 5. The first-order chi connectivity index (χ1) is 13.4. The number of aryl methyl sites for hydroxylation is 1. The van der Waals surface area contributed by atoms with Crippen molar-refractivity contribution in [3.05, 3.63) is 53.6 Å². The first-order valence-electron chi connectivity index (χ1n) is 9.56. The average molecular weight is 381 g/mol. The third-order valence-corrected chi connectivity index (χ3v) is 5.00. The van der Waals surface area contributed by atoms with E-state index in [9.17, 15) is 9.59 Å². The van der Waals surface area contributed by atoms with E-state index in [0.717, 1.165) is 37.4 Å². The van der Waals surface area contributed by atoms with Crippen molar-refractivity contribution in [3.63, 3.8) is 0 Å². The lowest BCUT2D eigenvalue weighted by molar-refractivity contribution is -0.130. The van der Waals surface area contributed by atoms with Gasteiger partial charge in [0.15, 0.2) is 0 Å². The number of carbonyl (C=O) groups is 2. The molecule has 1 fully saturated rings. The van der Waals surface area contributed by atoms with Gasteiger partial charge in [-0.1, -0.05) is 18.2 Å². The predicted octanol–water partition coefficient (Wildman–Crippen LogP) is 2.30. The molecule has 148 valence electrons. The van der Waals surface area contributed by atoms with Gasteiger partial charge < -0.3 is 10.2 Å². The number of anilines is 1. The largest absolute Gasteiger partial charge is 0.348 e. The summed E-state index contributed by atoms with van der Waals surface area (Å²) in [6.45, 7) is 3.92. The summed E-state index contributed by atoms with van der Waals surface area (Å²) in [6, 6.07) is 9.33. The maximum absolute atomic E-state index is 12.5. The fourth-order valence-corrected chi connectivity index (χ4v) is 3.37. The maximum Gasteiger partial charge on any atom is 0.259 e. The molecule has 3 rings (SSSR count). The first kappa shape index (κ1) is 19.9. The zero-order chi connectivity index (χ0) is 20.1. The van der Waals surface area contributed by atoms with Crippen molar-refractivity contribution < 1.29 is 9.59 Å². The van der Waals surface area contributed by atoms with Crippen LogP contribution >= 0.6 is 0 Å². The molecule has 2 amide bonds. The van der Waals surface area contributed by atoms with Crippen LogP contribution < -0.4 is 5.32 Å². The number of likely N-dealkylation sites (N-methyl/N-ethyl adjacent to an activating group) is 1. The molecule has 1 aliphatic heterocycles. The van der Waals surface area contributed by atoms with Crippen LogP contribution in [-0.2, 0) is 4.79 Å². The third-order valence-electron chi connectivity index (χ3n) is 5.00. The Bertz CT molecular complexity index is 838. The number of aromatic nitrogens is 2. The molecule has 1 aromatic carbocycles. The Kier molecular flexibility index (Phi) is 6.36. The quantitative estimate of drug-likeness (QED) is 0.860. The van der Waals surface area contributed by atoms with Gasteiger partial charge in [-0.05, 0) is 38.4 Å². The van der Waals surface area contributed by atoms with E-state index in [1.54, 1.807) is 25.2 Å². The number of amides is 2. The third kappa shape index (κ3) is 4.92. The number of hydrogen-bond donors (Lipinski definition) is 1. The molecule has 7 heteroatoms. The van der Waals surface area contributed by atoms with Crippen molar-refractivity contribution in [2.45, 2.75) is 25.7 Å². The molecule has 0 bridgehead atoms. The smallest absolute Gasteiger partial charge is 0.259 e. The number of nitrogens with one attached hydrogen (secondary N) is 1. The van der Waals surface area contributed by atoms with Crippen LogP contribution in [0.2, 0.25) is 0 Å². The molecule has 1 aliphatic rings. The van der Waals surface area contributed by atoms with Crippen LogP contribution in [0.5, 0.6) is 0 Å². The predicted molar refractivity (Wildman–Crippen MR) is 108 cm³/mol. The number of likely N-dealkylation sites (tertiary alicyclic amines) is 1. The molecule has 7 nitrogen and oxygen atoms in total. The van der Waals surface area contributed by atoms with Crippen molar-refractivity contribution in [2.24, 2.45) is 0 Å². The number of para-hydroxylation sites is 1. The van der Waals surface area contributed by atoms with E-state index in [2.05, 4.69) is 20.2 Å². The molecule has 2 heterocycles. The van der Waals surface area contributed by atoms with Crippen LogP contribution in [0.15, 0.2) is 36.5 Å². The number of carbonyl (C=O) groups excluding carboxylic acids is 2. The molecule has 2 aromatic rings. The fourth-order valence-electron chi connectivity index (χ4n) is 3.37. The Balaban J connectivity index is 1.67. The van der Waals surface area contributed by atoms with E-state index in [1.165, 1.54) is 0 Å². The number of rotatable bonds is 5. The minimum atomic E-state index is -0.211. The van der Waals surface area contributed by atoms with Gasteiger partial charge in [0.25, 0.3) is 5.91 Å². The number of piperidine rings is 1. The molecule has 0 spiro atoms. The molecular formula is C21H27N5O2. The maximum atomic E-state index is 12.5. The summed E-state index contributed by atoms with van der Waals surface area (Å²) in [7, 11) is 3.55. The Morgan fingerprint density at radius 1 is 1.25 bits per heavy atom. The van der Waals surface area contributed by atoms with Gasteiger partial charge in [-0.2, -0.15) is 0 Å². The molecule has 0 aliphatic carbocycles. The van der Waals surface area contributed by atoms with Gasteiger partial charge in [-0.3, -0.25) is 14.5 Å². The standard InChI is InChI=1S/C21H27N5O2/c1-15-18(21(28)24-17-9-5-4-6-10-17)12-22-20(23-15)16-8-7-11-26(13-16)14-19(27)25(2)3/h4-6,9-10,12,16H,7-8,11,13-14H2,1-3H3,(H,24,28). The Morgan fingerprint density at radius 3 is 2.68 bits per heavy atom. The van der Waals surface area contributed by atoms with Crippen molar-refractivity contribution in [3.8, 4) is 0 Å². The van der Waals surface area contributed by atoms with Crippen molar-refractivity contribution in [1.82, 2.24) is 19.8 Å². The molecule has 28 heavy (non-hydrogen) atoms. The molecule has 1 atom stereocenters. The number of benzene rings is 1. The monoisotopic (exact) mass is 381 g/mol. The van der Waals surface area contributed by atoms with Gasteiger partial charge in [0.05, 0.1) is 17.8 Å². The highest BCUT2D eigenvalue weighted by molar-refractivity contribution is 6.04. The minimum Gasteiger partial charge on any atom is -0.348 e. The lowest BCUT2D eigenvalue weighted by atomic mass is 9.97. The normalized spacial score (nSPS) is 17.2. The second kappa shape index (κ2) is 8.93. The Morgan fingerprint density at radius 2 is 2.00 bits per heavy atom. The van der Waals surface area contributed by atoms with Gasteiger partial charge in [0.2, 0.25) is 5.91 Å². The van der Waals surface area contributed by atoms with Gasteiger partial charge >= 0.3 is 0 Å². The molecule has 0 saturated carbocycles. The Hall–Kier alpha value is -2.80. The highest BCUT2D eigenvalue weighted by Crippen LogP contribution is 2.25. The van der Waals surface area contributed by atoms with Gasteiger partial charge in [0.1, 0.15) is 5.82 Å². The van der Waals surface area contributed by atoms with E-state index in [-0.39, 0.29) is 17.7 Å². The summed E-state index contributed by atoms with van der Waals surface area (Å²) in [6.07, 6.45) is 3.60. The van der Waals surface area contributed by atoms with Crippen molar-refractivity contribution in [1.29, 1.82) is 0 Å². The van der Waals surface area contributed by atoms with Crippen LogP contribution in [-0.4, -0.2) is 65.3 Å². The second-order valence-electron chi connectivity index (χ2n) is 7.41. The van der Waals surface area contributed by atoms with Gasteiger partial charge in [-0.25, -0.2) is 9.97 Å². The molecule has 0 radical (unpaired) electrons. The number of nitrogens with zero attached hydrogens (tertiary/aromatic N) is 4. The summed E-state index contributed by atoms with van der Waals surface area (Å²) in [5, 5.41) is 2.87. The molecule has 1 aromatic heterocycles. The zero-order valence-electron chi connectivity index (χ0n) is 16.7. The van der Waals surface area contributed by atoms with E-state index < -0.39 is 0 Å². The van der Waals surface area contributed by atoms with Crippen molar-refractivity contribution in [2.75, 3.05) is 39.0 Å². The summed E-state index contributed by atoms with van der Waals surface area (Å²) in [4.78, 5) is 37.4. The van der Waals surface area contributed by atoms with E-state index in [1.807, 2.05) is 37.3 Å². The molecule has 1 unspecified atom stereocenters. The Labute approximate surface area is 165 Å². The minimum absolute atomic E-state index is 0.102. The fraction of sp³-hybridized carbons (Fsp3) is 0.429. The van der Waals surface area contributed by atoms with Crippen LogP contribution in [0.1, 0.15) is 40.6 Å². The van der Waals surface area contributed by atoms with E-state index in [0.29, 0.717) is 17.8 Å². The lowest BCUT2D eigenvalue weighted by Crippen LogP contribution is -2.42. The van der Waals surface area contributed by atoms with Gasteiger partial charge in [0, 0.05) is 38.4 Å². The molecular weight excluding hydrogens is 354 g/mol. The van der Waals surface area contributed by atoms with Crippen LogP contribution in [0, 0.1) is 6.92 Å². The van der Waals surface area contributed by atoms with Crippen molar-refractivity contribution >= 4 is 17.5 Å². The second-order valence-corrected chi connectivity index (χ2v) is 7.41. The van der Waals surface area contributed by atoms with Crippen LogP contribution in [0.25, 0.3) is 0 Å².